The van der Waals surface area contributed by atoms with E-state index in [9.17, 15) is 4.79 Å². The highest BCUT2D eigenvalue weighted by molar-refractivity contribution is 5.67. The van der Waals surface area contributed by atoms with E-state index < -0.39 is 11.7 Å². The Morgan fingerprint density at radius 1 is 1.56 bits per heavy atom. The second kappa shape index (κ2) is 5.50. The van der Waals surface area contributed by atoms with E-state index in [4.69, 9.17) is 9.84 Å². The Kier molecular flexibility index (Phi) is 4.56. The molecule has 0 spiro atoms. The van der Waals surface area contributed by atoms with Gasteiger partial charge in [0.1, 0.15) is 5.60 Å². The van der Waals surface area contributed by atoms with Crippen LogP contribution in [-0.4, -0.2) is 42.5 Å². The summed E-state index contributed by atoms with van der Waals surface area (Å²) in [7, 11) is 0. The number of alkyl carbamates (subject to hydrolysis) is 1. The fraction of sp³-hybridized carbons (Fsp3) is 0.909. The molecule has 1 rings (SSSR count). The van der Waals surface area contributed by atoms with Gasteiger partial charge in [-0.05, 0) is 39.7 Å². The normalized spacial score (nSPS) is 25.5. The van der Waals surface area contributed by atoms with Gasteiger partial charge in [0.15, 0.2) is 0 Å². The van der Waals surface area contributed by atoms with Gasteiger partial charge in [0.25, 0.3) is 0 Å². The van der Waals surface area contributed by atoms with Crippen LogP contribution in [0, 0.1) is 5.92 Å². The van der Waals surface area contributed by atoms with Crippen molar-refractivity contribution in [1.29, 1.82) is 0 Å². The fourth-order valence-electron chi connectivity index (χ4n) is 1.81. The number of ether oxygens (including phenoxy) is 1. The summed E-state index contributed by atoms with van der Waals surface area (Å²) in [5.74, 6) is 0.289. The summed E-state index contributed by atoms with van der Waals surface area (Å²) >= 11 is 0. The van der Waals surface area contributed by atoms with Crippen LogP contribution >= 0.6 is 0 Å². The zero-order valence-corrected chi connectivity index (χ0v) is 10.2. The number of rotatable bonds is 3. The van der Waals surface area contributed by atoms with Gasteiger partial charge >= 0.3 is 6.09 Å². The van der Waals surface area contributed by atoms with Crippen LogP contribution in [0.1, 0.15) is 27.2 Å². The van der Waals surface area contributed by atoms with Crippen LogP contribution in [0.2, 0.25) is 0 Å². The third-order valence-corrected chi connectivity index (χ3v) is 2.59. The topological polar surface area (TPSA) is 70.6 Å². The first-order chi connectivity index (χ1) is 7.42. The maximum atomic E-state index is 11.4. The van der Waals surface area contributed by atoms with Gasteiger partial charge in [-0.2, -0.15) is 0 Å². The molecular weight excluding hydrogens is 208 g/mol. The minimum atomic E-state index is -0.464. The molecule has 0 aliphatic carbocycles. The van der Waals surface area contributed by atoms with Crippen LogP contribution in [0.15, 0.2) is 0 Å². The Labute approximate surface area is 96.6 Å². The average molecular weight is 230 g/mol. The van der Waals surface area contributed by atoms with Gasteiger partial charge in [-0.1, -0.05) is 0 Å². The van der Waals surface area contributed by atoms with E-state index in [-0.39, 0.29) is 18.6 Å². The van der Waals surface area contributed by atoms with Crippen molar-refractivity contribution in [3.63, 3.8) is 0 Å². The lowest BCUT2D eigenvalue weighted by Crippen LogP contribution is -2.40. The molecule has 0 unspecified atom stereocenters. The SMILES string of the molecule is CC(C)(C)OC(=O)NC[C@@H]1CCN[C@@H]1CO. The van der Waals surface area contributed by atoms with Crippen LogP contribution in [0.5, 0.6) is 0 Å². The lowest BCUT2D eigenvalue weighted by atomic mass is 10.0. The second-order valence-corrected chi connectivity index (χ2v) is 5.17. The number of carbonyl (C=O) groups excluding carboxylic acids is 1. The van der Waals surface area contributed by atoms with E-state index in [1.807, 2.05) is 20.8 Å². The van der Waals surface area contributed by atoms with Gasteiger partial charge in [-0.3, -0.25) is 0 Å². The standard InChI is InChI=1S/C11H22N2O3/c1-11(2,3)16-10(15)13-6-8-4-5-12-9(8)7-14/h8-9,12,14H,4-7H2,1-3H3,(H,13,15)/t8-,9+/m0/s1. The van der Waals surface area contributed by atoms with Gasteiger partial charge < -0.3 is 20.5 Å². The molecule has 94 valence electrons. The van der Waals surface area contributed by atoms with Crippen molar-refractivity contribution in [2.75, 3.05) is 19.7 Å². The van der Waals surface area contributed by atoms with Crippen LogP contribution in [0.4, 0.5) is 4.79 Å². The van der Waals surface area contributed by atoms with Gasteiger partial charge in [0.2, 0.25) is 0 Å². The van der Waals surface area contributed by atoms with Gasteiger partial charge in [-0.15, -0.1) is 0 Å². The molecule has 0 aromatic rings. The number of carbonyl (C=O) groups is 1. The molecule has 0 aromatic carbocycles. The summed E-state index contributed by atoms with van der Waals surface area (Å²) in [6, 6.07) is 0.0925. The summed E-state index contributed by atoms with van der Waals surface area (Å²) in [6.45, 7) is 7.06. The van der Waals surface area contributed by atoms with Crippen LogP contribution in [-0.2, 0) is 4.74 Å². The maximum absolute atomic E-state index is 11.4. The first kappa shape index (κ1) is 13.3. The van der Waals surface area contributed by atoms with E-state index in [1.54, 1.807) is 0 Å². The van der Waals surface area contributed by atoms with Crippen molar-refractivity contribution in [3.05, 3.63) is 0 Å². The molecule has 5 heteroatoms. The molecule has 0 radical (unpaired) electrons. The number of aliphatic hydroxyl groups excluding tert-OH is 1. The van der Waals surface area contributed by atoms with Crippen molar-refractivity contribution < 1.29 is 14.6 Å². The highest BCUT2D eigenvalue weighted by Crippen LogP contribution is 2.14. The van der Waals surface area contributed by atoms with E-state index in [0.717, 1.165) is 13.0 Å². The summed E-state index contributed by atoms with van der Waals surface area (Å²) < 4.78 is 5.13. The Morgan fingerprint density at radius 3 is 2.81 bits per heavy atom. The quantitative estimate of drug-likeness (QED) is 0.659. The largest absolute Gasteiger partial charge is 0.444 e. The highest BCUT2D eigenvalue weighted by Gasteiger charge is 2.26. The van der Waals surface area contributed by atoms with Gasteiger partial charge in [0.05, 0.1) is 6.61 Å². The van der Waals surface area contributed by atoms with E-state index in [0.29, 0.717) is 6.54 Å². The smallest absolute Gasteiger partial charge is 0.407 e. The fourth-order valence-corrected chi connectivity index (χ4v) is 1.81. The van der Waals surface area contributed by atoms with Crippen molar-refractivity contribution >= 4 is 6.09 Å². The molecule has 0 aromatic heterocycles. The number of amides is 1. The first-order valence-corrected chi connectivity index (χ1v) is 5.73. The third kappa shape index (κ3) is 4.37. The Balaban J connectivity index is 2.26. The predicted molar refractivity (Wildman–Crippen MR) is 61.2 cm³/mol. The Bertz CT molecular complexity index is 238. The molecular formula is C11H22N2O3. The van der Waals surface area contributed by atoms with Crippen molar-refractivity contribution in [1.82, 2.24) is 10.6 Å². The number of hydrogen-bond donors (Lipinski definition) is 3. The van der Waals surface area contributed by atoms with E-state index >= 15 is 0 Å². The highest BCUT2D eigenvalue weighted by atomic mass is 16.6. The third-order valence-electron chi connectivity index (χ3n) is 2.59. The van der Waals surface area contributed by atoms with E-state index in [2.05, 4.69) is 10.6 Å². The van der Waals surface area contributed by atoms with Crippen molar-refractivity contribution in [2.45, 2.75) is 38.8 Å². The summed E-state index contributed by atoms with van der Waals surface area (Å²) in [5, 5.41) is 15.0. The number of hydrogen-bond acceptors (Lipinski definition) is 4. The molecule has 0 bridgehead atoms. The Morgan fingerprint density at radius 2 is 2.25 bits per heavy atom. The van der Waals surface area contributed by atoms with Crippen molar-refractivity contribution in [3.8, 4) is 0 Å². The minimum absolute atomic E-state index is 0.0925. The minimum Gasteiger partial charge on any atom is -0.444 e. The molecule has 16 heavy (non-hydrogen) atoms. The molecule has 0 saturated carbocycles. The molecule has 3 N–H and O–H groups in total. The van der Waals surface area contributed by atoms with Gasteiger partial charge in [-0.25, -0.2) is 4.79 Å². The lowest BCUT2D eigenvalue weighted by molar-refractivity contribution is 0.0515. The molecule has 1 aliphatic heterocycles. The molecule has 1 amide bonds. The monoisotopic (exact) mass is 230 g/mol. The number of nitrogens with one attached hydrogen (secondary N) is 2. The lowest BCUT2D eigenvalue weighted by Gasteiger charge is -2.22. The molecule has 5 nitrogen and oxygen atoms in total. The summed E-state index contributed by atoms with van der Waals surface area (Å²) in [5.41, 5.74) is -0.464. The summed E-state index contributed by atoms with van der Waals surface area (Å²) in [4.78, 5) is 11.4. The Hall–Kier alpha value is -0.810. The van der Waals surface area contributed by atoms with Crippen LogP contribution in [0.25, 0.3) is 0 Å². The zero-order valence-electron chi connectivity index (χ0n) is 10.2. The summed E-state index contributed by atoms with van der Waals surface area (Å²) in [6.07, 6.45) is 0.581. The maximum Gasteiger partial charge on any atom is 0.407 e. The van der Waals surface area contributed by atoms with Crippen molar-refractivity contribution in [2.24, 2.45) is 5.92 Å². The predicted octanol–water partition coefficient (Wildman–Crippen LogP) is 0.481. The molecule has 1 aliphatic rings. The van der Waals surface area contributed by atoms with E-state index in [1.165, 1.54) is 0 Å². The zero-order chi connectivity index (χ0) is 12.2. The molecule has 1 saturated heterocycles. The van der Waals surface area contributed by atoms with Crippen LogP contribution in [0.3, 0.4) is 0 Å². The first-order valence-electron chi connectivity index (χ1n) is 5.73. The molecule has 2 atom stereocenters. The van der Waals surface area contributed by atoms with Gasteiger partial charge in [0, 0.05) is 12.6 Å². The second-order valence-electron chi connectivity index (χ2n) is 5.17. The van der Waals surface area contributed by atoms with Crippen LogP contribution < -0.4 is 10.6 Å². The molecule has 1 heterocycles. The number of aliphatic hydroxyl groups is 1. The molecule has 1 fully saturated rings. The average Bonchev–Trinajstić information content (AvgIpc) is 2.59.